The van der Waals surface area contributed by atoms with E-state index in [4.69, 9.17) is 9.47 Å². The van der Waals surface area contributed by atoms with Gasteiger partial charge in [-0.25, -0.2) is 0 Å². The Morgan fingerprint density at radius 2 is 2.05 bits per heavy atom. The van der Waals surface area contributed by atoms with E-state index in [1.165, 1.54) is 0 Å². The molecule has 0 fully saturated rings. The minimum absolute atomic E-state index is 0.0102. The van der Waals surface area contributed by atoms with Gasteiger partial charge < -0.3 is 14.8 Å². The predicted molar refractivity (Wildman–Crippen MR) is 88.5 cm³/mol. The summed E-state index contributed by atoms with van der Waals surface area (Å²) in [6.45, 7) is 5.42. The lowest BCUT2D eigenvalue weighted by Crippen LogP contribution is -2.36. The molecule has 1 amide bonds. The van der Waals surface area contributed by atoms with Crippen molar-refractivity contribution in [1.29, 1.82) is 0 Å². The fourth-order valence-corrected chi connectivity index (χ4v) is 2.29. The Morgan fingerprint density at radius 3 is 2.64 bits per heavy atom. The van der Waals surface area contributed by atoms with Crippen molar-refractivity contribution in [3.63, 3.8) is 0 Å². The average molecular weight is 308 g/mol. The zero-order chi connectivity index (χ0) is 16.5. The van der Waals surface area contributed by atoms with Gasteiger partial charge >= 0.3 is 0 Å². The fourth-order valence-electron chi connectivity index (χ4n) is 2.29. The van der Waals surface area contributed by atoms with Crippen molar-refractivity contribution in [2.75, 3.05) is 34.4 Å². The smallest absolute Gasteiger partial charge is 0.234 e. The molecular formula is C17H28N2O3. The van der Waals surface area contributed by atoms with Crippen LogP contribution in [0.1, 0.15) is 38.3 Å². The van der Waals surface area contributed by atoms with Crippen LogP contribution in [0.5, 0.6) is 11.5 Å². The van der Waals surface area contributed by atoms with Gasteiger partial charge in [-0.3, -0.25) is 9.69 Å². The number of rotatable bonds is 9. The number of methoxy groups -OCH3 is 2. The lowest BCUT2D eigenvalue weighted by molar-refractivity contribution is -0.122. The summed E-state index contributed by atoms with van der Waals surface area (Å²) < 4.78 is 10.6. The van der Waals surface area contributed by atoms with E-state index in [2.05, 4.69) is 12.2 Å². The maximum Gasteiger partial charge on any atom is 0.234 e. The Balaban J connectivity index is 2.67. The Kier molecular flexibility index (Phi) is 7.74. The normalized spacial score (nSPS) is 12.1. The van der Waals surface area contributed by atoms with Crippen molar-refractivity contribution >= 4 is 5.91 Å². The molecule has 1 unspecified atom stereocenters. The molecule has 0 saturated carbocycles. The van der Waals surface area contributed by atoms with Gasteiger partial charge in [0.05, 0.1) is 26.8 Å². The number of nitrogens with one attached hydrogen (secondary N) is 1. The highest BCUT2D eigenvalue weighted by molar-refractivity contribution is 5.78. The number of carbonyl (C=O) groups is 1. The zero-order valence-electron chi connectivity index (χ0n) is 14.3. The fraction of sp³-hybridized carbons (Fsp3) is 0.588. The van der Waals surface area contributed by atoms with Crippen LogP contribution in [0.3, 0.4) is 0 Å². The maximum atomic E-state index is 12.1. The van der Waals surface area contributed by atoms with Crippen LogP contribution < -0.4 is 14.8 Å². The van der Waals surface area contributed by atoms with Gasteiger partial charge in [0, 0.05) is 5.56 Å². The van der Waals surface area contributed by atoms with Gasteiger partial charge in [-0.15, -0.1) is 0 Å². The molecule has 0 saturated heterocycles. The molecule has 5 nitrogen and oxygen atoms in total. The maximum absolute atomic E-state index is 12.1. The number of carbonyl (C=O) groups excluding carboxylic acids is 1. The van der Waals surface area contributed by atoms with E-state index in [-0.39, 0.29) is 11.9 Å². The molecule has 0 aliphatic heterocycles. The van der Waals surface area contributed by atoms with Crippen molar-refractivity contribution in [3.8, 4) is 11.5 Å². The third-order valence-electron chi connectivity index (χ3n) is 3.59. The van der Waals surface area contributed by atoms with Gasteiger partial charge in [-0.2, -0.15) is 0 Å². The molecule has 22 heavy (non-hydrogen) atoms. The molecule has 1 aromatic rings. The summed E-state index contributed by atoms with van der Waals surface area (Å²) in [4.78, 5) is 14.2. The molecule has 1 atom stereocenters. The first-order valence-corrected chi connectivity index (χ1v) is 7.71. The largest absolute Gasteiger partial charge is 0.497 e. The van der Waals surface area contributed by atoms with E-state index in [9.17, 15) is 4.79 Å². The first kappa shape index (κ1) is 18.3. The van der Waals surface area contributed by atoms with E-state index in [0.717, 1.165) is 36.4 Å². The van der Waals surface area contributed by atoms with Crippen molar-refractivity contribution in [2.24, 2.45) is 0 Å². The minimum atomic E-state index is -0.142. The molecule has 0 aliphatic carbocycles. The number of benzene rings is 1. The zero-order valence-corrected chi connectivity index (χ0v) is 14.3. The first-order valence-electron chi connectivity index (χ1n) is 7.71. The van der Waals surface area contributed by atoms with Crippen molar-refractivity contribution in [3.05, 3.63) is 23.8 Å². The van der Waals surface area contributed by atoms with Gasteiger partial charge in [-0.05, 0) is 45.1 Å². The van der Waals surface area contributed by atoms with E-state index in [1.807, 2.05) is 37.1 Å². The third-order valence-corrected chi connectivity index (χ3v) is 3.59. The summed E-state index contributed by atoms with van der Waals surface area (Å²) in [7, 11) is 5.21. The highest BCUT2D eigenvalue weighted by Gasteiger charge is 2.16. The molecule has 5 heteroatoms. The number of hydrogen-bond donors (Lipinski definition) is 1. The van der Waals surface area contributed by atoms with Crippen LogP contribution >= 0.6 is 0 Å². The number of nitrogens with zero attached hydrogens (tertiary/aromatic N) is 1. The predicted octanol–water partition coefficient (Wildman–Crippen LogP) is 2.61. The summed E-state index contributed by atoms with van der Waals surface area (Å²) in [5.74, 6) is 1.50. The van der Waals surface area contributed by atoms with E-state index >= 15 is 0 Å². The van der Waals surface area contributed by atoms with E-state index < -0.39 is 0 Å². The molecule has 1 N–H and O–H groups in total. The van der Waals surface area contributed by atoms with Crippen LogP contribution in [0.2, 0.25) is 0 Å². The van der Waals surface area contributed by atoms with Crippen LogP contribution in [-0.4, -0.2) is 45.2 Å². The van der Waals surface area contributed by atoms with Gasteiger partial charge in [0.1, 0.15) is 11.5 Å². The summed E-state index contributed by atoms with van der Waals surface area (Å²) in [6, 6.07) is 5.45. The Hall–Kier alpha value is -1.75. The van der Waals surface area contributed by atoms with Crippen LogP contribution in [0.25, 0.3) is 0 Å². The standard InChI is InChI=1S/C17H28N2O3/c1-6-7-10-19(3)12-17(20)18-13(2)15-11-14(21-4)8-9-16(15)22-5/h8-9,11,13H,6-7,10,12H2,1-5H3,(H,18,20). The van der Waals surface area contributed by atoms with Crippen molar-refractivity contribution in [1.82, 2.24) is 10.2 Å². The van der Waals surface area contributed by atoms with Gasteiger partial charge in [-0.1, -0.05) is 13.3 Å². The quantitative estimate of drug-likeness (QED) is 0.762. The molecule has 124 valence electrons. The van der Waals surface area contributed by atoms with Crippen molar-refractivity contribution < 1.29 is 14.3 Å². The molecule has 0 aromatic heterocycles. The summed E-state index contributed by atoms with van der Waals surface area (Å²) >= 11 is 0. The minimum Gasteiger partial charge on any atom is -0.497 e. The molecule has 1 rings (SSSR count). The van der Waals surface area contributed by atoms with Gasteiger partial charge in [0.2, 0.25) is 5.91 Å². The SMILES string of the molecule is CCCCN(C)CC(=O)NC(C)c1cc(OC)ccc1OC. The second-order valence-corrected chi connectivity index (χ2v) is 5.49. The number of unbranched alkanes of at least 4 members (excludes halogenated alkanes) is 1. The molecule has 0 aliphatic rings. The van der Waals surface area contributed by atoms with Crippen LogP contribution in [0.15, 0.2) is 18.2 Å². The lowest BCUT2D eigenvalue weighted by Gasteiger charge is -2.20. The second kappa shape index (κ2) is 9.30. The summed E-state index contributed by atoms with van der Waals surface area (Å²) in [5, 5.41) is 3.01. The van der Waals surface area contributed by atoms with Crippen LogP contribution in [0, 0.1) is 0 Å². The van der Waals surface area contributed by atoms with Crippen molar-refractivity contribution in [2.45, 2.75) is 32.7 Å². The average Bonchev–Trinajstić information content (AvgIpc) is 2.51. The lowest BCUT2D eigenvalue weighted by atomic mass is 10.1. The molecular weight excluding hydrogens is 280 g/mol. The number of likely N-dealkylation sites (N-methyl/N-ethyl adjacent to an activating group) is 1. The van der Waals surface area contributed by atoms with Gasteiger partial charge in [0.15, 0.2) is 0 Å². The Labute approximate surface area is 133 Å². The third kappa shape index (κ3) is 5.56. The molecule has 1 aromatic carbocycles. The number of hydrogen-bond acceptors (Lipinski definition) is 4. The summed E-state index contributed by atoms with van der Waals surface area (Å²) in [5.41, 5.74) is 0.909. The Bertz CT molecular complexity index is 477. The highest BCUT2D eigenvalue weighted by Crippen LogP contribution is 2.29. The topological polar surface area (TPSA) is 50.8 Å². The highest BCUT2D eigenvalue weighted by atomic mass is 16.5. The first-order chi connectivity index (χ1) is 10.5. The number of ether oxygens (including phenoxy) is 2. The summed E-state index contributed by atoms with van der Waals surface area (Å²) in [6.07, 6.45) is 2.23. The van der Waals surface area contributed by atoms with E-state index in [1.54, 1.807) is 14.2 Å². The molecule has 0 bridgehead atoms. The second-order valence-electron chi connectivity index (χ2n) is 5.49. The van der Waals surface area contributed by atoms with Crippen LogP contribution in [0.4, 0.5) is 0 Å². The van der Waals surface area contributed by atoms with Crippen LogP contribution in [-0.2, 0) is 4.79 Å². The number of amides is 1. The molecule has 0 spiro atoms. The Morgan fingerprint density at radius 1 is 1.32 bits per heavy atom. The van der Waals surface area contributed by atoms with E-state index in [0.29, 0.717) is 6.54 Å². The monoisotopic (exact) mass is 308 g/mol. The molecule has 0 radical (unpaired) electrons. The molecule has 0 heterocycles. The van der Waals surface area contributed by atoms with Gasteiger partial charge in [0.25, 0.3) is 0 Å².